The van der Waals surface area contributed by atoms with Crippen molar-refractivity contribution in [2.75, 3.05) is 26.7 Å². The molecule has 1 atom stereocenters. The van der Waals surface area contributed by atoms with E-state index >= 15 is 0 Å². The van der Waals surface area contributed by atoms with Gasteiger partial charge < -0.3 is 10.2 Å². The zero-order valence-electron chi connectivity index (χ0n) is 14.5. The molecule has 3 nitrogen and oxygen atoms in total. The van der Waals surface area contributed by atoms with Crippen LogP contribution in [0.15, 0.2) is 24.5 Å². The van der Waals surface area contributed by atoms with Gasteiger partial charge in [0.1, 0.15) is 0 Å². The first-order chi connectivity index (χ1) is 9.95. The number of aromatic nitrogens is 1. The van der Waals surface area contributed by atoms with Gasteiger partial charge in [0.15, 0.2) is 0 Å². The molecule has 21 heavy (non-hydrogen) atoms. The molecule has 0 aliphatic rings. The molecule has 1 unspecified atom stereocenters. The molecule has 120 valence electrons. The van der Waals surface area contributed by atoms with E-state index in [1.807, 2.05) is 18.5 Å². The van der Waals surface area contributed by atoms with Gasteiger partial charge in [-0.2, -0.15) is 0 Å². The van der Waals surface area contributed by atoms with Crippen LogP contribution in [0, 0.1) is 11.3 Å². The number of rotatable bonds is 10. The van der Waals surface area contributed by atoms with Gasteiger partial charge >= 0.3 is 0 Å². The lowest BCUT2D eigenvalue weighted by molar-refractivity contribution is 0.167. The molecule has 0 radical (unpaired) electrons. The Kier molecular flexibility index (Phi) is 7.91. The summed E-state index contributed by atoms with van der Waals surface area (Å²) in [4.78, 5) is 6.62. The summed E-state index contributed by atoms with van der Waals surface area (Å²) in [7, 11) is 2.21. The van der Waals surface area contributed by atoms with Gasteiger partial charge in [0.05, 0.1) is 0 Å². The Morgan fingerprint density at radius 2 is 2.14 bits per heavy atom. The topological polar surface area (TPSA) is 28.2 Å². The minimum atomic E-state index is 0.334. The molecule has 1 N–H and O–H groups in total. The van der Waals surface area contributed by atoms with Crippen molar-refractivity contribution in [3.8, 4) is 0 Å². The van der Waals surface area contributed by atoms with Crippen LogP contribution in [0.2, 0.25) is 0 Å². The minimum absolute atomic E-state index is 0.334. The molecule has 0 saturated carbocycles. The molecule has 1 aromatic heterocycles. The van der Waals surface area contributed by atoms with Crippen LogP contribution < -0.4 is 5.32 Å². The average Bonchev–Trinajstić information content (AvgIpc) is 2.39. The second-order valence-electron chi connectivity index (χ2n) is 7.12. The Morgan fingerprint density at radius 3 is 2.71 bits per heavy atom. The van der Waals surface area contributed by atoms with Crippen molar-refractivity contribution in [2.45, 2.75) is 47.1 Å². The number of pyridine rings is 1. The molecule has 0 aliphatic carbocycles. The third-order valence-electron chi connectivity index (χ3n) is 3.78. The molecule has 0 fully saturated rings. The summed E-state index contributed by atoms with van der Waals surface area (Å²) in [5.41, 5.74) is 1.62. The zero-order valence-corrected chi connectivity index (χ0v) is 14.5. The predicted octanol–water partition coefficient (Wildman–Crippen LogP) is 3.57. The maximum Gasteiger partial charge on any atom is 0.0312 e. The Balaban J connectivity index is 2.51. The van der Waals surface area contributed by atoms with Gasteiger partial charge in [0.25, 0.3) is 0 Å². The van der Waals surface area contributed by atoms with E-state index in [9.17, 15) is 0 Å². The summed E-state index contributed by atoms with van der Waals surface area (Å²) in [5, 5.41) is 3.64. The second kappa shape index (κ2) is 9.16. The van der Waals surface area contributed by atoms with E-state index in [0.717, 1.165) is 26.2 Å². The van der Waals surface area contributed by atoms with E-state index in [1.54, 1.807) is 0 Å². The maximum absolute atomic E-state index is 4.20. The van der Waals surface area contributed by atoms with Gasteiger partial charge in [-0.1, -0.05) is 40.2 Å². The fourth-order valence-corrected chi connectivity index (χ4v) is 3.00. The third-order valence-corrected chi connectivity index (χ3v) is 3.78. The van der Waals surface area contributed by atoms with Crippen LogP contribution in [-0.2, 0) is 6.54 Å². The van der Waals surface area contributed by atoms with Crippen molar-refractivity contribution in [3.05, 3.63) is 30.1 Å². The zero-order chi connectivity index (χ0) is 15.7. The van der Waals surface area contributed by atoms with Crippen molar-refractivity contribution in [2.24, 2.45) is 11.3 Å². The van der Waals surface area contributed by atoms with Gasteiger partial charge in [0.2, 0.25) is 0 Å². The molecular formula is C18H33N3. The van der Waals surface area contributed by atoms with E-state index in [1.165, 1.54) is 18.4 Å². The Bertz CT molecular complexity index is 377. The fraction of sp³-hybridized carbons (Fsp3) is 0.722. The van der Waals surface area contributed by atoms with Gasteiger partial charge in [-0.15, -0.1) is 0 Å². The van der Waals surface area contributed by atoms with Gasteiger partial charge in [-0.05, 0) is 43.0 Å². The van der Waals surface area contributed by atoms with E-state index in [4.69, 9.17) is 0 Å². The van der Waals surface area contributed by atoms with Crippen molar-refractivity contribution in [1.29, 1.82) is 0 Å². The highest BCUT2D eigenvalue weighted by Crippen LogP contribution is 2.24. The molecule has 0 saturated heterocycles. The smallest absolute Gasteiger partial charge is 0.0312 e. The van der Waals surface area contributed by atoms with Crippen LogP contribution in [0.4, 0.5) is 0 Å². The van der Waals surface area contributed by atoms with Gasteiger partial charge in [-0.3, -0.25) is 4.98 Å². The first-order valence-corrected chi connectivity index (χ1v) is 8.23. The Morgan fingerprint density at radius 1 is 1.38 bits per heavy atom. The lowest BCUT2D eigenvalue weighted by Crippen LogP contribution is -2.41. The first-order valence-electron chi connectivity index (χ1n) is 8.23. The van der Waals surface area contributed by atoms with E-state index < -0.39 is 0 Å². The fourth-order valence-electron chi connectivity index (χ4n) is 3.00. The lowest BCUT2D eigenvalue weighted by Gasteiger charge is -2.34. The van der Waals surface area contributed by atoms with E-state index in [2.05, 4.69) is 56.0 Å². The monoisotopic (exact) mass is 291 g/mol. The standard InChI is InChI=1S/C18H33N3/c1-6-9-18(4,14-20-11-16(2)3)15-21(5)13-17-8-7-10-19-12-17/h7-8,10,12,16,20H,6,9,11,13-15H2,1-5H3. The quantitative estimate of drug-likeness (QED) is 0.714. The third kappa shape index (κ3) is 7.58. The number of hydrogen-bond acceptors (Lipinski definition) is 3. The summed E-state index contributed by atoms with van der Waals surface area (Å²) < 4.78 is 0. The average molecular weight is 291 g/mol. The molecule has 0 aromatic carbocycles. The summed E-state index contributed by atoms with van der Waals surface area (Å²) in [6, 6.07) is 4.16. The number of nitrogens with zero attached hydrogens (tertiary/aromatic N) is 2. The summed E-state index contributed by atoms with van der Waals surface area (Å²) >= 11 is 0. The Hall–Kier alpha value is -0.930. The molecule has 0 aliphatic heterocycles. The van der Waals surface area contributed by atoms with Crippen LogP contribution in [-0.4, -0.2) is 36.6 Å². The molecule has 0 amide bonds. The molecule has 1 rings (SSSR count). The van der Waals surface area contributed by atoms with E-state index in [0.29, 0.717) is 11.3 Å². The highest BCUT2D eigenvalue weighted by atomic mass is 15.1. The van der Waals surface area contributed by atoms with E-state index in [-0.39, 0.29) is 0 Å². The lowest BCUT2D eigenvalue weighted by atomic mass is 9.84. The predicted molar refractivity (Wildman–Crippen MR) is 91.3 cm³/mol. The summed E-state index contributed by atoms with van der Waals surface area (Å²) in [6.07, 6.45) is 6.29. The van der Waals surface area contributed by atoms with Crippen LogP contribution in [0.1, 0.15) is 46.1 Å². The minimum Gasteiger partial charge on any atom is -0.316 e. The summed E-state index contributed by atoms with van der Waals surface area (Å²) in [5.74, 6) is 0.712. The SMILES string of the molecule is CCCC(C)(CNCC(C)C)CN(C)Cc1cccnc1. The van der Waals surface area contributed by atoms with Crippen molar-refractivity contribution < 1.29 is 0 Å². The van der Waals surface area contributed by atoms with Gasteiger partial charge in [-0.25, -0.2) is 0 Å². The van der Waals surface area contributed by atoms with Crippen LogP contribution in [0.25, 0.3) is 0 Å². The normalized spacial score (nSPS) is 14.6. The van der Waals surface area contributed by atoms with Gasteiger partial charge in [0, 0.05) is 32.0 Å². The second-order valence-corrected chi connectivity index (χ2v) is 7.12. The molecule has 3 heteroatoms. The maximum atomic E-state index is 4.20. The molecular weight excluding hydrogens is 258 g/mol. The van der Waals surface area contributed by atoms with Crippen LogP contribution in [0.3, 0.4) is 0 Å². The highest BCUT2D eigenvalue weighted by Gasteiger charge is 2.24. The summed E-state index contributed by atoms with van der Waals surface area (Å²) in [6.45, 7) is 13.5. The van der Waals surface area contributed by atoms with Crippen LogP contribution >= 0.6 is 0 Å². The highest BCUT2D eigenvalue weighted by molar-refractivity contribution is 5.08. The number of nitrogens with one attached hydrogen (secondary N) is 1. The Labute approximate surface area is 131 Å². The largest absolute Gasteiger partial charge is 0.316 e. The first kappa shape index (κ1) is 18.1. The van der Waals surface area contributed by atoms with Crippen molar-refractivity contribution in [3.63, 3.8) is 0 Å². The molecule has 1 aromatic rings. The number of hydrogen-bond donors (Lipinski definition) is 1. The molecule has 0 bridgehead atoms. The van der Waals surface area contributed by atoms with Crippen molar-refractivity contribution in [1.82, 2.24) is 15.2 Å². The van der Waals surface area contributed by atoms with Crippen LogP contribution in [0.5, 0.6) is 0 Å². The molecule has 1 heterocycles. The molecule has 0 spiro atoms. The van der Waals surface area contributed by atoms with Crippen molar-refractivity contribution >= 4 is 0 Å².